The molecule has 1 fully saturated rings. The van der Waals surface area contributed by atoms with E-state index in [2.05, 4.69) is 15.3 Å². The molecule has 1 saturated heterocycles. The Labute approximate surface area is 154 Å². The van der Waals surface area contributed by atoms with Crippen molar-refractivity contribution < 1.29 is 9.18 Å². The maximum atomic E-state index is 13.5. The molecule has 0 radical (unpaired) electrons. The topological polar surface area (TPSA) is 50.2 Å². The third-order valence-electron chi connectivity index (χ3n) is 5.02. The minimum Gasteiger partial charge on any atom is -0.349 e. The number of aromatic nitrogens is 2. The van der Waals surface area contributed by atoms with E-state index in [4.69, 9.17) is 0 Å². The van der Waals surface area contributed by atoms with Crippen LogP contribution in [0.5, 0.6) is 0 Å². The summed E-state index contributed by atoms with van der Waals surface area (Å²) in [4.78, 5) is 14.6. The van der Waals surface area contributed by atoms with Gasteiger partial charge in [0.1, 0.15) is 5.82 Å². The second-order valence-electron chi connectivity index (χ2n) is 7.02. The van der Waals surface area contributed by atoms with Crippen LogP contribution in [0.15, 0.2) is 30.5 Å². The van der Waals surface area contributed by atoms with E-state index in [0.717, 1.165) is 37.3 Å². The van der Waals surface area contributed by atoms with Gasteiger partial charge in [-0.05, 0) is 70.9 Å². The Bertz CT molecular complexity index is 752. The molecule has 1 amide bonds. The zero-order valence-corrected chi connectivity index (χ0v) is 15.5. The minimum absolute atomic E-state index is 0.0644. The normalized spacial score (nSPS) is 16.0. The van der Waals surface area contributed by atoms with Crippen LogP contribution in [0.4, 0.5) is 4.39 Å². The van der Waals surface area contributed by atoms with Gasteiger partial charge in [0.25, 0.3) is 0 Å². The highest BCUT2D eigenvalue weighted by atomic mass is 19.1. The molecule has 2 heterocycles. The van der Waals surface area contributed by atoms with Crippen molar-refractivity contribution in [2.75, 3.05) is 19.6 Å². The smallest absolute Gasteiger partial charge is 0.220 e. The molecule has 0 saturated carbocycles. The number of nitrogens with one attached hydrogen (secondary N) is 1. The number of benzene rings is 1. The van der Waals surface area contributed by atoms with Gasteiger partial charge in [-0.1, -0.05) is 6.07 Å². The van der Waals surface area contributed by atoms with Gasteiger partial charge >= 0.3 is 0 Å². The SMILES string of the molecule is Cc1c([C@@H](C)NC(=O)CCCN2CCCC2)cnn1-c1cccc(F)c1. The zero-order valence-electron chi connectivity index (χ0n) is 15.5. The number of hydrogen-bond acceptors (Lipinski definition) is 3. The molecule has 1 aromatic heterocycles. The highest BCUT2D eigenvalue weighted by molar-refractivity contribution is 5.76. The molecular formula is C20H27FN4O. The standard InChI is InChI=1S/C20H27FN4O/c1-15(23-20(26)9-6-12-24-10-3-4-11-24)19-14-22-25(16(19)2)18-8-5-7-17(21)13-18/h5,7-8,13-15H,3-4,6,9-12H2,1-2H3,(H,23,26)/t15-/m1/s1. The molecule has 1 aliphatic rings. The van der Waals surface area contributed by atoms with Crippen molar-refractivity contribution in [1.82, 2.24) is 20.0 Å². The van der Waals surface area contributed by atoms with Crippen LogP contribution >= 0.6 is 0 Å². The van der Waals surface area contributed by atoms with E-state index in [0.29, 0.717) is 12.1 Å². The molecule has 3 rings (SSSR count). The van der Waals surface area contributed by atoms with Crippen molar-refractivity contribution in [3.05, 3.63) is 47.5 Å². The lowest BCUT2D eigenvalue weighted by molar-refractivity contribution is -0.121. The van der Waals surface area contributed by atoms with Crippen molar-refractivity contribution >= 4 is 5.91 Å². The van der Waals surface area contributed by atoms with Crippen LogP contribution in [0.2, 0.25) is 0 Å². The predicted octanol–water partition coefficient (Wildman–Crippen LogP) is 3.37. The summed E-state index contributed by atoms with van der Waals surface area (Å²) >= 11 is 0. The third-order valence-corrected chi connectivity index (χ3v) is 5.02. The molecular weight excluding hydrogens is 331 g/mol. The number of halogens is 1. The zero-order chi connectivity index (χ0) is 18.5. The van der Waals surface area contributed by atoms with Gasteiger partial charge in [-0.3, -0.25) is 4.79 Å². The molecule has 1 atom stereocenters. The molecule has 0 spiro atoms. The van der Waals surface area contributed by atoms with E-state index in [1.54, 1.807) is 16.9 Å². The van der Waals surface area contributed by atoms with Crippen molar-refractivity contribution in [3.63, 3.8) is 0 Å². The lowest BCUT2D eigenvalue weighted by atomic mass is 10.1. The quantitative estimate of drug-likeness (QED) is 0.826. The molecule has 140 valence electrons. The first-order valence-electron chi connectivity index (χ1n) is 9.37. The molecule has 1 aliphatic heterocycles. The number of carbonyl (C=O) groups excluding carboxylic acids is 1. The summed E-state index contributed by atoms with van der Waals surface area (Å²) in [7, 11) is 0. The third kappa shape index (κ3) is 4.49. The number of carbonyl (C=O) groups is 1. The van der Waals surface area contributed by atoms with Gasteiger partial charge in [0, 0.05) is 17.7 Å². The van der Waals surface area contributed by atoms with Crippen LogP contribution < -0.4 is 5.32 Å². The average molecular weight is 358 g/mol. The fraction of sp³-hybridized carbons (Fsp3) is 0.500. The van der Waals surface area contributed by atoms with Gasteiger partial charge in [-0.25, -0.2) is 9.07 Å². The average Bonchev–Trinajstić information content (AvgIpc) is 3.24. The second-order valence-corrected chi connectivity index (χ2v) is 7.02. The lowest BCUT2D eigenvalue weighted by Gasteiger charge is -2.16. The van der Waals surface area contributed by atoms with Crippen molar-refractivity contribution in [2.24, 2.45) is 0 Å². The van der Waals surface area contributed by atoms with Crippen molar-refractivity contribution in [1.29, 1.82) is 0 Å². The Kier molecular flexibility index (Phi) is 6.04. The monoisotopic (exact) mass is 358 g/mol. The first kappa shape index (κ1) is 18.6. The fourth-order valence-electron chi connectivity index (χ4n) is 3.58. The molecule has 1 aromatic carbocycles. The Hall–Kier alpha value is -2.21. The Balaban J connectivity index is 1.56. The highest BCUT2D eigenvalue weighted by Crippen LogP contribution is 2.20. The van der Waals surface area contributed by atoms with E-state index in [-0.39, 0.29) is 17.8 Å². The van der Waals surface area contributed by atoms with Crippen LogP contribution in [0.25, 0.3) is 5.69 Å². The number of likely N-dealkylation sites (tertiary alicyclic amines) is 1. The lowest BCUT2D eigenvalue weighted by Crippen LogP contribution is -2.28. The van der Waals surface area contributed by atoms with Crippen LogP contribution in [-0.4, -0.2) is 40.2 Å². The first-order chi connectivity index (χ1) is 12.5. The van der Waals surface area contributed by atoms with Gasteiger partial charge < -0.3 is 10.2 Å². The second kappa shape index (κ2) is 8.45. The number of nitrogens with zero attached hydrogens (tertiary/aromatic N) is 3. The van der Waals surface area contributed by atoms with Gasteiger partial charge in [-0.15, -0.1) is 0 Å². The number of rotatable bonds is 7. The molecule has 0 unspecified atom stereocenters. The van der Waals surface area contributed by atoms with E-state index < -0.39 is 0 Å². The maximum Gasteiger partial charge on any atom is 0.220 e. The van der Waals surface area contributed by atoms with Crippen molar-refractivity contribution in [3.8, 4) is 5.69 Å². The molecule has 26 heavy (non-hydrogen) atoms. The summed E-state index contributed by atoms with van der Waals surface area (Å²) in [6, 6.07) is 6.21. The summed E-state index contributed by atoms with van der Waals surface area (Å²) in [5, 5.41) is 7.42. The van der Waals surface area contributed by atoms with Gasteiger partial charge in [-0.2, -0.15) is 5.10 Å². The number of amides is 1. The molecule has 0 aliphatic carbocycles. The summed E-state index contributed by atoms with van der Waals surface area (Å²) in [5.74, 6) is -0.229. The highest BCUT2D eigenvalue weighted by Gasteiger charge is 2.17. The maximum absolute atomic E-state index is 13.5. The summed E-state index contributed by atoms with van der Waals surface area (Å²) in [6.07, 6.45) is 5.73. The van der Waals surface area contributed by atoms with Crippen LogP contribution in [0, 0.1) is 12.7 Å². The van der Waals surface area contributed by atoms with E-state index in [1.165, 1.54) is 25.0 Å². The number of hydrogen-bond donors (Lipinski definition) is 1. The van der Waals surface area contributed by atoms with Crippen molar-refractivity contribution in [2.45, 2.75) is 45.6 Å². The minimum atomic E-state index is -0.293. The Morgan fingerprint density at radius 2 is 2.12 bits per heavy atom. The fourth-order valence-corrected chi connectivity index (χ4v) is 3.58. The molecule has 0 bridgehead atoms. The largest absolute Gasteiger partial charge is 0.349 e. The van der Waals surface area contributed by atoms with E-state index in [1.807, 2.05) is 19.9 Å². The molecule has 1 N–H and O–H groups in total. The summed E-state index contributed by atoms with van der Waals surface area (Å²) in [5.41, 5.74) is 2.53. The van der Waals surface area contributed by atoms with Crippen LogP contribution in [-0.2, 0) is 4.79 Å². The van der Waals surface area contributed by atoms with Gasteiger partial charge in [0.2, 0.25) is 5.91 Å². The summed E-state index contributed by atoms with van der Waals surface area (Å²) in [6.45, 7) is 7.22. The van der Waals surface area contributed by atoms with Crippen LogP contribution in [0.1, 0.15) is 49.9 Å². The molecule has 2 aromatic rings. The Morgan fingerprint density at radius 1 is 1.35 bits per heavy atom. The van der Waals surface area contributed by atoms with E-state index >= 15 is 0 Å². The summed E-state index contributed by atoms with van der Waals surface area (Å²) < 4.78 is 15.2. The van der Waals surface area contributed by atoms with Crippen LogP contribution in [0.3, 0.4) is 0 Å². The predicted molar refractivity (Wildman–Crippen MR) is 99.7 cm³/mol. The van der Waals surface area contributed by atoms with Gasteiger partial charge in [0.15, 0.2) is 0 Å². The molecule has 6 heteroatoms. The van der Waals surface area contributed by atoms with Gasteiger partial charge in [0.05, 0.1) is 17.9 Å². The molecule has 5 nitrogen and oxygen atoms in total. The first-order valence-corrected chi connectivity index (χ1v) is 9.37. The van der Waals surface area contributed by atoms with E-state index in [9.17, 15) is 9.18 Å². The Morgan fingerprint density at radius 3 is 2.85 bits per heavy atom.